The van der Waals surface area contributed by atoms with E-state index in [4.69, 9.17) is 0 Å². The van der Waals surface area contributed by atoms with Crippen molar-refractivity contribution in [3.8, 4) is 0 Å². The van der Waals surface area contributed by atoms with Gasteiger partial charge < -0.3 is 5.32 Å². The summed E-state index contributed by atoms with van der Waals surface area (Å²) in [6.07, 6.45) is 0. The van der Waals surface area contributed by atoms with Crippen LogP contribution in [0.4, 0.5) is 8.78 Å². The van der Waals surface area contributed by atoms with Crippen molar-refractivity contribution in [3.63, 3.8) is 0 Å². The van der Waals surface area contributed by atoms with Gasteiger partial charge in [-0.15, -0.1) is 0 Å². The van der Waals surface area contributed by atoms with Gasteiger partial charge in [-0.2, -0.15) is 0 Å². The van der Waals surface area contributed by atoms with Crippen LogP contribution in [0.5, 0.6) is 0 Å². The van der Waals surface area contributed by atoms with E-state index in [-0.39, 0.29) is 6.04 Å². The van der Waals surface area contributed by atoms with Gasteiger partial charge >= 0.3 is 0 Å². The van der Waals surface area contributed by atoms with E-state index >= 15 is 0 Å². The van der Waals surface area contributed by atoms with E-state index in [1.54, 1.807) is 0 Å². The first-order valence-electron chi connectivity index (χ1n) is 6.48. The van der Waals surface area contributed by atoms with Crippen LogP contribution in [0.25, 0.3) is 0 Å². The summed E-state index contributed by atoms with van der Waals surface area (Å²) in [5.41, 5.74) is 2.28. The molecule has 0 bridgehead atoms. The SMILES string of the molecule is CCNC(c1cc(F)ccc1F)c1cccc(Br)c1C. The molecule has 0 aliphatic rings. The second kappa shape index (κ2) is 6.46. The first-order valence-corrected chi connectivity index (χ1v) is 7.27. The highest BCUT2D eigenvalue weighted by molar-refractivity contribution is 9.10. The first-order chi connectivity index (χ1) is 9.54. The molecule has 0 radical (unpaired) electrons. The van der Waals surface area contributed by atoms with Crippen LogP contribution in [0.15, 0.2) is 40.9 Å². The summed E-state index contributed by atoms with van der Waals surface area (Å²) in [5, 5.41) is 3.22. The maximum absolute atomic E-state index is 14.0. The highest BCUT2D eigenvalue weighted by Crippen LogP contribution is 2.30. The van der Waals surface area contributed by atoms with Crippen molar-refractivity contribution in [2.24, 2.45) is 0 Å². The minimum Gasteiger partial charge on any atom is -0.306 e. The van der Waals surface area contributed by atoms with Crippen molar-refractivity contribution in [3.05, 3.63) is 69.2 Å². The van der Waals surface area contributed by atoms with Gasteiger partial charge in [-0.1, -0.05) is 35.0 Å². The van der Waals surface area contributed by atoms with Crippen LogP contribution in [0.1, 0.15) is 29.7 Å². The minimum absolute atomic E-state index is 0.327. The van der Waals surface area contributed by atoms with E-state index in [0.29, 0.717) is 12.1 Å². The van der Waals surface area contributed by atoms with E-state index in [1.807, 2.05) is 32.0 Å². The zero-order valence-corrected chi connectivity index (χ0v) is 13.0. The number of hydrogen-bond acceptors (Lipinski definition) is 1. The van der Waals surface area contributed by atoms with Gasteiger partial charge in [0.1, 0.15) is 11.6 Å². The maximum atomic E-state index is 14.0. The molecule has 20 heavy (non-hydrogen) atoms. The van der Waals surface area contributed by atoms with Crippen molar-refractivity contribution in [2.75, 3.05) is 6.54 Å². The van der Waals surface area contributed by atoms with Gasteiger partial charge in [-0.25, -0.2) is 8.78 Å². The topological polar surface area (TPSA) is 12.0 Å². The van der Waals surface area contributed by atoms with E-state index in [2.05, 4.69) is 21.2 Å². The summed E-state index contributed by atoms with van der Waals surface area (Å²) < 4.78 is 28.4. The van der Waals surface area contributed by atoms with Crippen LogP contribution in [-0.4, -0.2) is 6.54 Å². The molecule has 1 unspecified atom stereocenters. The highest BCUT2D eigenvalue weighted by atomic mass is 79.9. The van der Waals surface area contributed by atoms with Gasteiger partial charge in [0.25, 0.3) is 0 Å². The molecule has 2 aromatic rings. The Bertz CT molecular complexity index is 611. The number of halogens is 3. The molecule has 0 saturated carbocycles. The lowest BCUT2D eigenvalue weighted by Crippen LogP contribution is -2.24. The average molecular weight is 340 g/mol. The van der Waals surface area contributed by atoms with Crippen molar-refractivity contribution >= 4 is 15.9 Å². The monoisotopic (exact) mass is 339 g/mol. The Balaban J connectivity index is 2.56. The number of rotatable bonds is 4. The third kappa shape index (κ3) is 3.07. The Hall–Kier alpha value is -1.26. The fourth-order valence-electron chi connectivity index (χ4n) is 2.26. The lowest BCUT2D eigenvalue weighted by Gasteiger charge is -2.22. The minimum atomic E-state index is -0.433. The molecule has 0 aliphatic carbocycles. The lowest BCUT2D eigenvalue weighted by molar-refractivity contribution is 0.543. The van der Waals surface area contributed by atoms with E-state index in [9.17, 15) is 8.78 Å². The number of benzene rings is 2. The molecule has 0 amide bonds. The lowest BCUT2D eigenvalue weighted by atomic mass is 9.94. The van der Waals surface area contributed by atoms with Crippen LogP contribution < -0.4 is 5.32 Å². The summed E-state index contributed by atoms with van der Waals surface area (Å²) >= 11 is 3.48. The number of nitrogens with one attached hydrogen (secondary N) is 1. The zero-order chi connectivity index (χ0) is 14.7. The molecule has 1 nitrogen and oxygen atoms in total. The Morgan fingerprint density at radius 1 is 1.15 bits per heavy atom. The van der Waals surface area contributed by atoms with Gasteiger partial charge in [0, 0.05) is 10.0 Å². The summed E-state index contributed by atoms with van der Waals surface area (Å²) in [6.45, 7) is 4.56. The van der Waals surface area contributed by atoms with Crippen molar-refractivity contribution in [1.82, 2.24) is 5.32 Å². The third-order valence-corrected chi connectivity index (χ3v) is 4.16. The molecule has 0 heterocycles. The largest absolute Gasteiger partial charge is 0.306 e. The molecule has 4 heteroatoms. The number of hydrogen-bond donors (Lipinski definition) is 1. The van der Waals surface area contributed by atoms with Crippen molar-refractivity contribution in [1.29, 1.82) is 0 Å². The molecule has 106 valence electrons. The molecule has 0 spiro atoms. The fraction of sp³-hybridized carbons (Fsp3) is 0.250. The van der Waals surface area contributed by atoms with Crippen LogP contribution in [0, 0.1) is 18.6 Å². The Morgan fingerprint density at radius 2 is 1.90 bits per heavy atom. The Morgan fingerprint density at radius 3 is 2.60 bits per heavy atom. The van der Waals surface area contributed by atoms with Crippen LogP contribution in [0.3, 0.4) is 0 Å². The van der Waals surface area contributed by atoms with Gasteiger partial charge in [0.2, 0.25) is 0 Å². The molecule has 0 aliphatic heterocycles. The molecular weight excluding hydrogens is 324 g/mol. The van der Waals surface area contributed by atoms with E-state index in [0.717, 1.165) is 21.7 Å². The van der Waals surface area contributed by atoms with Crippen LogP contribution in [0.2, 0.25) is 0 Å². The smallest absolute Gasteiger partial charge is 0.128 e. The van der Waals surface area contributed by atoms with Crippen molar-refractivity contribution in [2.45, 2.75) is 19.9 Å². The molecular formula is C16H16BrF2N. The second-order valence-corrected chi connectivity index (χ2v) is 5.46. The summed E-state index contributed by atoms with van der Waals surface area (Å²) in [5.74, 6) is -0.839. The molecule has 1 atom stereocenters. The molecule has 0 aromatic heterocycles. The van der Waals surface area contributed by atoms with E-state index in [1.165, 1.54) is 12.1 Å². The molecule has 2 rings (SSSR count). The molecule has 0 saturated heterocycles. The molecule has 0 fully saturated rings. The van der Waals surface area contributed by atoms with Crippen molar-refractivity contribution < 1.29 is 8.78 Å². The Labute approximate surface area is 126 Å². The fourth-order valence-corrected chi connectivity index (χ4v) is 2.65. The van der Waals surface area contributed by atoms with Gasteiger partial charge in [-0.05, 0) is 48.9 Å². The average Bonchev–Trinajstić information content (AvgIpc) is 2.43. The van der Waals surface area contributed by atoms with Gasteiger partial charge in [-0.3, -0.25) is 0 Å². The second-order valence-electron chi connectivity index (χ2n) is 4.61. The highest BCUT2D eigenvalue weighted by Gasteiger charge is 2.20. The predicted octanol–water partition coefficient (Wildman–Crippen LogP) is 4.73. The summed E-state index contributed by atoms with van der Waals surface area (Å²) in [7, 11) is 0. The third-order valence-electron chi connectivity index (χ3n) is 3.30. The summed E-state index contributed by atoms with van der Waals surface area (Å²) in [4.78, 5) is 0. The van der Waals surface area contributed by atoms with Gasteiger partial charge in [0.15, 0.2) is 0 Å². The summed E-state index contributed by atoms with van der Waals surface area (Å²) in [6, 6.07) is 8.95. The van der Waals surface area contributed by atoms with Crippen LogP contribution >= 0.6 is 15.9 Å². The zero-order valence-electron chi connectivity index (χ0n) is 11.4. The Kier molecular flexibility index (Phi) is 4.89. The van der Waals surface area contributed by atoms with E-state index < -0.39 is 11.6 Å². The maximum Gasteiger partial charge on any atom is 0.128 e. The van der Waals surface area contributed by atoms with Crippen LogP contribution in [-0.2, 0) is 0 Å². The quantitative estimate of drug-likeness (QED) is 0.848. The predicted molar refractivity (Wildman–Crippen MR) is 80.8 cm³/mol. The normalized spacial score (nSPS) is 12.4. The first kappa shape index (κ1) is 15.1. The molecule has 2 aromatic carbocycles. The van der Waals surface area contributed by atoms with Gasteiger partial charge in [0.05, 0.1) is 6.04 Å². The molecule has 1 N–H and O–H groups in total. The standard InChI is InChI=1S/C16H16BrF2N/c1-3-20-16(12-5-4-6-14(17)10(12)2)13-9-11(18)7-8-15(13)19/h4-9,16,20H,3H2,1-2H3.